The minimum absolute atomic E-state index is 0.111. The molecule has 3 aromatic heterocycles. The van der Waals surface area contributed by atoms with Crippen LogP contribution in [0.5, 0.6) is 0 Å². The third kappa shape index (κ3) is 2.52. The minimum atomic E-state index is -0.111. The molecule has 0 bridgehead atoms. The topological polar surface area (TPSA) is 76.8 Å². The van der Waals surface area contributed by atoms with Gasteiger partial charge in [0.1, 0.15) is 0 Å². The molecule has 0 fully saturated rings. The first kappa shape index (κ1) is 16.1. The standard InChI is InChI=1S/C19H16N6OS/c1-24(18(26)11-3-4-13-14(9-11)21-8-7-20-13)19-23-17-12-10-22-25(2)15(12)5-6-16(17)27-19/h3-4,7-10H,5-6H2,1-2H3. The van der Waals surface area contributed by atoms with Crippen molar-refractivity contribution in [3.8, 4) is 11.3 Å². The number of hydrogen-bond donors (Lipinski definition) is 0. The molecule has 7 nitrogen and oxygen atoms in total. The van der Waals surface area contributed by atoms with Gasteiger partial charge in [0.15, 0.2) is 5.13 Å². The van der Waals surface area contributed by atoms with Crippen LogP contribution in [0.3, 0.4) is 0 Å². The van der Waals surface area contributed by atoms with Crippen molar-refractivity contribution in [2.75, 3.05) is 11.9 Å². The molecule has 0 spiro atoms. The smallest absolute Gasteiger partial charge is 0.259 e. The van der Waals surface area contributed by atoms with Crippen LogP contribution in [0.2, 0.25) is 0 Å². The molecule has 0 unspecified atom stereocenters. The van der Waals surface area contributed by atoms with E-state index in [1.165, 1.54) is 10.6 Å². The molecule has 4 aromatic rings. The van der Waals surface area contributed by atoms with E-state index in [1.54, 1.807) is 47.8 Å². The lowest BCUT2D eigenvalue weighted by atomic mass is 10.0. The number of amides is 1. The third-order valence-corrected chi connectivity index (χ3v) is 6.09. The predicted molar refractivity (Wildman–Crippen MR) is 104 cm³/mol. The summed E-state index contributed by atoms with van der Waals surface area (Å²) in [5.74, 6) is -0.111. The first-order valence-electron chi connectivity index (χ1n) is 8.61. The summed E-state index contributed by atoms with van der Waals surface area (Å²) >= 11 is 1.57. The Labute approximate surface area is 159 Å². The number of carbonyl (C=O) groups excluding carboxylic acids is 1. The van der Waals surface area contributed by atoms with Crippen LogP contribution in [0.1, 0.15) is 20.9 Å². The molecular weight excluding hydrogens is 360 g/mol. The summed E-state index contributed by atoms with van der Waals surface area (Å²) in [5.41, 5.74) is 5.26. The molecule has 5 rings (SSSR count). The number of rotatable bonds is 2. The molecule has 1 aliphatic carbocycles. The van der Waals surface area contributed by atoms with E-state index < -0.39 is 0 Å². The van der Waals surface area contributed by atoms with Gasteiger partial charge in [0.2, 0.25) is 0 Å². The highest BCUT2D eigenvalue weighted by atomic mass is 32.1. The summed E-state index contributed by atoms with van der Waals surface area (Å²) in [6.07, 6.45) is 7.00. The quantitative estimate of drug-likeness (QED) is 0.538. The third-order valence-electron chi connectivity index (χ3n) is 4.90. The van der Waals surface area contributed by atoms with Crippen molar-refractivity contribution < 1.29 is 4.79 Å². The Bertz CT molecular complexity index is 1190. The second-order valence-corrected chi connectivity index (χ2v) is 7.58. The number of anilines is 1. The fourth-order valence-electron chi connectivity index (χ4n) is 3.43. The van der Waals surface area contributed by atoms with E-state index in [0.29, 0.717) is 16.2 Å². The molecule has 0 radical (unpaired) electrons. The summed E-state index contributed by atoms with van der Waals surface area (Å²) in [4.78, 5) is 29.1. The van der Waals surface area contributed by atoms with E-state index in [-0.39, 0.29) is 5.91 Å². The average molecular weight is 376 g/mol. The zero-order valence-electron chi connectivity index (χ0n) is 14.9. The maximum Gasteiger partial charge on any atom is 0.259 e. The van der Waals surface area contributed by atoms with Gasteiger partial charge < -0.3 is 0 Å². The van der Waals surface area contributed by atoms with E-state index in [4.69, 9.17) is 4.98 Å². The monoisotopic (exact) mass is 376 g/mol. The zero-order chi connectivity index (χ0) is 18.5. The van der Waals surface area contributed by atoms with Crippen LogP contribution in [0.25, 0.3) is 22.3 Å². The maximum absolute atomic E-state index is 13.0. The lowest BCUT2D eigenvalue weighted by Gasteiger charge is -2.13. The minimum Gasteiger partial charge on any atom is -0.287 e. The molecule has 0 aliphatic heterocycles. The van der Waals surface area contributed by atoms with Crippen molar-refractivity contribution in [3.05, 3.63) is 52.9 Å². The van der Waals surface area contributed by atoms with Gasteiger partial charge in [-0.25, -0.2) is 4.98 Å². The molecule has 0 saturated carbocycles. The van der Waals surface area contributed by atoms with Crippen LogP contribution >= 0.6 is 11.3 Å². The van der Waals surface area contributed by atoms with Crippen LogP contribution in [0, 0.1) is 0 Å². The number of aryl methyl sites for hydroxylation is 2. The van der Waals surface area contributed by atoms with E-state index in [0.717, 1.165) is 29.6 Å². The second-order valence-electron chi connectivity index (χ2n) is 6.52. The maximum atomic E-state index is 13.0. The summed E-state index contributed by atoms with van der Waals surface area (Å²) in [6.45, 7) is 0. The SMILES string of the molecule is CN(C(=O)c1ccc2nccnc2c1)c1nc2c(s1)CCc1c-2cnn1C. The highest BCUT2D eigenvalue weighted by molar-refractivity contribution is 7.16. The van der Waals surface area contributed by atoms with Crippen molar-refractivity contribution in [2.45, 2.75) is 12.8 Å². The Kier molecular flexibility index (Phi) is 3.54. The van der Waals surface area contributed by atoms with Gasteiger partial charge >= 0.3 is 0 Å². The fourth-order valence-corrected chi connectivity index (χ4v) is 4.46. The zero-order valence-corrected chi connectivity index (χ0v) is 15.7. The Balaban J connectivity index is 1.50. The lowest BCUT2D eigenvalue weighted by molar-refractivity contribution is 0.0993. The molecule has 1 aliphatic rings. The summed E-state index contributed by atoms with van der Waals surface area (Å²) in [5, 5.41) is 5.05. The van der Waals surface area contributed by atoms with Gasteiger partial charge in [-0.2, -0.15) is 5.10 Å². The van der Waals surface area contributed by atoms with Crippen molar-refractivity contribution in [2.24, 2.45) is 7.05 Å². The number of aromatic nitrogens is 5. The van der Waals surface area contributed by atoms with Crippen molar-refractivity contribution in [3.63, 3.8) is 0 Å². The first-order chi connectivity index (χ1) is 13.1. The normalized spacial score (nSPS) is 12.7. The van der Waals surface area contributed by atoms with Gasteiger partial charge in [0.05, 0.1) is 22.9 Å². The van der Waals surface area contributed by atoms with Crippen LogP contribution in [-0.4, -0.2) is 37.7 Å². The Morgan fingerprint density at radius 3 is 2.85 bits per heavy atom. The average Bonchev–Trinajstić information content (AvgIpc) is 3.30. The lowest BCUT2D eigenvalue weighted by Crippen LogP contribution is -2.26. The van der Waals surface area contributed by atoms with Crippen LogP contribution in [-0.2, 0) is 19.9 Å². The molecular formula is C19H16N6OS. The molecule has 3 heterocycles. The van der Waals surface area contributed by atoms with Crippen LogP contribution < -0.4 is 4.90 Å². The molecule has 8 heteroatoms. The molecule has 27 heavy (non-hydrogen) atoms. The molecule has 0 N–H and O–H groups in total. The van der Waals surface area contributed by atoms with Crippen molar-refractivity contribution in [1.29, 1.82) is 0 Å². The summed E-state index contributed by atoms with van der Waals surface area (Å²) < 4.78 is 1.91. The number of benzene rings is 1. The number of fused-ring (bicyclic) bond motifs is 4. The summed E-state index contributed by atoms with van der Waals surface area (Å²) in [7, 11) is 3.72. The predicted octanol–water partition coefficient (Wildman–Crippen LogP) is 2.86. The number of thiazole rings is 1. The highest BCUT2D eigenvalue weighted by Gasteiger charge is 2.26. The van der Waals surface area contributed by atoms with Gasteiger partial charge in [-0.15, -0.1) is 11.3 Å². The first-order valence-corrected chi connectivity index (χ1v) is 9.43. The molecule has 1 aromatic carbocycles. The second kappa shape index (κ2) is 5.95. The number of nitrogens with zero attached hydrogens (tertiary/aromatic N) is 6. The van der Waals surface area contributed by atoms with Gasteiger partial charge in [0, 0.05) is 48.2 Å². The molecule has 134 valence electrons. The van der Waals surface area contributed by atoms with E-state index in [2.05, 4.69) is 15.1 Å². The van der Waals surface area contributed by atoms with Crippen molar-refractivity contribution >= 4 is 33.4 Å². The highest BCUT2D eigenvalue weighted by Crippen LogP contribution is 2.39. The van der Waals surface area contributed by atoms with E-state index in [9.17, 15) is 4.79 Å². The fraction of sp³-hybridized carbons (Fsp3) is 0.211. The van der Waals surface area contributed by atoms with Gasteiger partial charge in [-0.1, -0.05) is 0 Å². The number of carbonyl (C=O) groups is 1. The van der Waals surface area contributed by atoms with Gasteiger partial charge in [-0.05, 0) is 31.0 Å². The largest absolute Gasteiger partial charge is 0.287 e. The van der Waals surface area contributed by atoms with Crippen LogP contribution in [0.15, 0.2) is 36.8 Å². The molecule has 1 amide bonds. The Morgan fingerprint density at radius 2 is 2.00 bits per heavy atom. The molecule has 0 atom stereocenters. The number of hydrogen-bond acceptors (Lipinski definition) is 6. The molecule has 0 saturated heterocycles. The summed E-state index contributed by atoms with van der Waals surface area (Å²) in [6, 6.07) is 5.37. The Hall–Kier alpha value is -3.13. The van der Waals surface area contributed by atoms with E-state index >= 15 is 0 Å². The van der Waals surface area contributed by atoms with Gasteiger partial charge in [-0.3, -0.25) is 24.3 Å². The van der Waals surface area contributed by atoms with Crippen molar-refractivity contribution in [1.82, 2.24) is 24.7 Å². The van der Waals surface area contributed by atoms with Gasteiger partial charge in [0.25, 0.3) is 5.91 Å². The van der Waals surface area contributed by atoms with Crippen LogP contribution in [0.4, 0.5) is 5.13 Å². The van der Waals surface area contributed by atoms with E-state index in [1.807, 2.05) is 24.0 Å². The Morgan fingerprint density at radius 1 is 1.19 bits per heavy atom.